The maximum atomic E-state index is 13.0. The number of carbonyl (C=O) groups excluding carboxylic acids is 1. The number of hydrogen-bond acceptors (Lipinski definition) is 1. The zero-order valence-electron chi connectivity index (χ0n) is 19.3. The van der Waals surface area contributed by atoms with Crippen molar-refractivity contribution in [3.05, 3.63) is 101 Å². The molecular weight excluding hydrogens is 394 g/mol. The van der Waals surface area contributed by atoms with Crippen molar-refractivity contribution < 1.29 is 10.1 Å². The first-order chi connectivity index (χ1) is 15.4. The minimum atomic E-state index is -0.202. The van der Waals surface area contributed by atoms with Crippen LogP contribution in [0.15, 0.2) is 72.9 Å². The lowest BCUT2D eigenvalue weighted by molar-refractivity contribution is -0.674. The Morgan fingerprint density at radius 1 is 0.969 bits per heavy atom. The number of H-pyrrole nitrogens is 1. The van der Waals surface area contributed by atoms with Crippen molar-refractivity contribution in [1.82, 2.24) is 4.98 Å². The first-order valence-corrected chi connectivity index (χ1v) is 11.3. The molecule has 0 fully saturated rings. The van der Waals surface area contributed by atoms with Crippen LogP contribution < -0.4 is 10.6 Å². The summed E-state index contributed by atoms with van der Waals surface area (Å²) in [5.74, 6) is 0.219. The molecule has 4 nitrogen and oxygen atoms in total. The van der Waals surface area contributed by atoms with E-state index in [-0.39, 0.29) is 17.9 Å². The van der Waals surface area contributed by atoms with E-state index < -0.39 is 0 Å². The van der Waals surface area contributed by atoms with Crippen molar-refractivity contribution >= 4 is 22.5 Å². The van der Waals surface area contributed by atoms with Gasteiger partial charge in [0, 0.05) is 22.8 Å². The monoisotopic (exact) mass is 426 g/mol. The van der Waals surface area contributed by atoms with E-state index in [1.807, 2.05) is 32.9 Å². The standard InChI is InChI=1S/C28H31N3O/c1-18-14-19(2)27(20(3)15-18)31-28(32)21(4)29-16-24(22-10-6-5-7-11-22)25-17-30-26-13-9-8-12-23(25)26/h5-15,17,21,24,29-30H,16H2,1-4H3,(H,31,32)/p+1/t21-,24-/m1/s1. The van der Waals surface area contributed by atoms with E-state index in [4.69, 9.17) is 0 Å². The number of hydrogen-bond donors (Lipinski definition) is 3. The molecule has 0 bridgehead atoms. The highest BCUT2D eigenvalue weighted by atomic mass is 16.2. The zero-order chi connectivity index (χ0) is 22.7. The Morgan fingerprint density at radius 2 is 1.62 bits per heavy atom. The predicted molar refractivity (Wildman–Crippen MR) is 132 cm³/mol. The number of aryl methyl sites for hydroxylation is 3. The second-order valence-electron chi connectivity index (χ2n) is 8.78. The van der Waals surface area contributed by atoms with Gasteiger partial charge in [-0.15, -0.1) is 0 Å². The van der Waals surface area contributed by atoms with Gasteiger partial charge in [-0.3, -0.25) is 4.79 Å². The molecule has 0 aliphatic carbocycles. The van der Waals surface area contributed by atoms with E-state index in [1.165, 1.54) is 22.1 Å². The number of anilines is 1. The van der Waals surface area contributed by atoms with E-state index in [0.717, 1.165) is 28.9 Å². The SMILES string of the molecule is Cc1cc(C)c(NC(=O)[C@@H](C)[NH2+]C[C@H](c2ccccc2)c2c[nH]c3ccccc23)c(C)c1. The van der Waals surface area contributed by atoms with Gasteiger partial charge in [-0.2, -0.15) is 0 Å². The average molecular weight is 427 g/mol. The molecule has 0 aliphatic rings. The number of carbonyl (C=O) groups is 1. The van der Waals surface area contributed by atoms with Crippen LogP contribution in [0.3, 0.4) is 0 Å². The van der Waals surface area contributed by atoms with Gasteiger partial charge in [-0.05, 0) is 56.0 Å². The predicted octanol–water partition coefficient (Wildman–Crippen LogP) is 4.82. The number of aromatic nitrogens is 1. The molecule has 164 valence electrons. The van der Waals surface area contributed by atoms with Crippen LogP contribution in [0.5, 0.6) is 0 Å². The molecule has 1 amide bonds. The summed E-state index contributed by atoms with van der Waals surface area (Å²) in [7, 11) is 0. The third kappa shape index (κ3) is 4.61. The number of benzene rings is 3. The lowest BCUT2D eigenvalue weighted by Gasteiger charge is -2.19. The number of aromatic amines is 1. The molecule has 1 heterocycles. The van der Waals surface area contributed by atoms with E-state index in [2.05, 4.69) is 83.3 Å². The first kappa shape index (κ1) is 21.8. The van der Waals surface area contributed by atoms with Crippen molar-refractivity contribution in [1.29, 1.82) is 0 Å². The van der Waals surface area contributed by atoms with Crippen LogP contribution in [0.2, 0.25) is 0 Å². The van der Waals surface area contributed by atoms with Gasteiger partial charge in [0.25, 0.3) is 5.91 Å². The summed E-state index contributed by atoms with van der Waals surface area (Å²) in [6.07, 6.45) is 2.11. The minimum Gasteiger partial charge on any atom is -0.361 e. The quantitative estimate of drug-likeness (QED) is 0.390. The molecule has 4 rings (SSSR count). The summed E-state index contributed by atoms with van der Waals surface area (Å²) in [5, 5.41) is 6.54. The van der Waals surface area contributed by atoms with Crippen LogP contribution >= 0.6 is 0 Å². The van der Waals surface area contributed by atoms with Gasteiger partial charge in [0.15, 0.2) is 6.04 Å². The summed E-state index contributed by atoms with van der Waals surface area (Å²) in [5.41, 5.74) is 8.00. The molecule has 0 radical (unpaired) electrons. The zero-order valence-corrected chi connectivity index (χ0v) is 19.3. The fourth-order valence-electron chi connectivity index (χ4n) is 4.57. The number of amides is 1. The average Bonchev–Trinajstić information content (AvgIpc) is 3.21. The van der Waals surface area contributed by atoms with Crippen LogP contribution in [-0.2, 0) is 4.79 Å². The number of nitrogens with two attached hydrogens (primary N) is 1. The summed E-state index contributed by atoms with van der Waals surface area (Å²) in [6, 6.07) is 23.0. The third-order valence-corrected chi connectivity index (χ3v) is 6.26. The van der Waals surface area contributed by atoms with E-state index in [9.17, 15) is 4.79 Å². The Hall–Kier alpha value is -3.37. The Morgan fingerprint density at radius 3 is 2.34 bits per heavy atom. The Labute approximate surface area is 190 Å². The largest absolute Gasteiger partial charge is 0.361 e. The molecule has 0 spiro atoms. The fourth-order valence-corrected chi connectivity index (χ4v) is 4.57. The molecule has 1 aromatic heterocycles. The van der Waals surface area contributed by atoms with Crippen molar-refractivity contribution in [2.75, 3.05) is 11.9 Å². The van der Waals surface area contributed by atoms with E-state index >= 15 is 0 Å². The molecule has 4 aromatic rings. The highest BCUT2D eigenvalue weighted by molar-refractivity contribution is 5.95. The summed E-state index contributed by atoms with van der Waals surface area (Å²) in [6.45, 7) is 8.94. The number of fused-ring (bicyclic) bond motifs is 1. The second-order valence-corrected chi connectivity index (χ2v) is 8.78. The van der Waals surface area contributed by atoms with Gasteiger partial charge < -0.3 is 15.6 Å². The van der Waals surface area contributed by atoms with E-state index in [1.54, 1.807) is 0 Å². The molecule has 32 heavy (non-hydrogen) atoms. The van der Waals surface area contributed by atoms with Crippen LogP contribution in [0.4, 0.5) is 5.69 Å². The molecule has 0 aliphatic heterocycles. The Kier molecular flexibility index (Phi) is 6.42. The van der Waals surface area contributed by atoms with Crippen molar-refractivity contribution in [2.24, 2.45) is 0 Å². The van der Waals surface area contributed by atoms with Gasteiger partial charge in [0.1, 0.15) is 0 Å². The molecule has 2 atom stereocenters. The fraction of sp³-hybridized carbons (Fsp3) is 0.250. The number of quaternary nitrogens is 1. The van der Waals surface area contributed by atoms with Crippen LogP contribution in [0.1, 0.15) is 40.7 Å². The highest BCUT2D eigenvalue weighted by Gasteiger charge is 2.24. The molecule has 4 N–H and O–H groups in total. The topological polar surface area (TPSA) is 61.5 Å². The van der Waals surface area contributed by atoms with Crippen molar-refractivity contribution in [2.45, 2.75) is 39.7 Å². The molecule has 4 heteroatoms. The normalized spacial score (nSPS) is 13.1. The van der Waals surface area contributed by atoms with Crippen molar-refractivity contribution in [3.63, 3.8) is 0 Å². The Bertz CT molecular complexity index is 1200. The molecule has 0 saturated heterocycles. The maximum absolute atomic E-state index is 13.0. The van der Waals surface area contributed by atoms with Gasteiger partial charge >= 0.3 is 0 Å². The Balaban J connectivity index is 1.53. The molecule has 3 aromatic carbocycles. The van der Waals surface area contributed by atoms with Gasteiger partial charge in [-0.1, -0.05) is 66.2 Å². The smallest absolute Gasteiger partial charge is 0.282 e. The lowest BCUT2D eigenvalue weighted by Crippen LogP contribution is -2.92. The summed E-state index contributed by atoms with van der Waals surface area (Å²) >= 11 is 0. The molecule has 0 unspecified atom stereocenters. The summed E-state index contributed by atoms with van der Waals surface area (Å²) in [4.78, 5) is 16.4. The van der Waals surface area contributed by atoms with Crippen LogP contribution in [0.25, 0.3) is 10.9 Å². The number of nitrogens with one attached hydrogen (secondary N) is 2. The summed E-state index contributed by atoms with van der Waals surface area (Å²) < 4.78 is 0. The third-order valence-electron chi connectivity index (χ3n) is 6.26. The van der Waals surface area contributed by atoms with Crippen LogP contribution in [0, 0.1) is 20.8 Å². The minimum absolute atomic E-state index is 0.0331. The second kappa shape index (κ2) is 9.41. The number of para-hydroxylation sites is 1. The molecular formula is C28H32N3O+. The van der Waals surface area contributed by atoms with Gasteiger partial charge in [0.05, 0.1) is 12.5 Å². The lowest BCUT2D eigenvalue weighted by atomic mass is 9.90. The van der Waals surface area contributed by atoms with Crippen LogP contribution in [-0.4, -0.2) is 23.5 Å². The van der Waals surface area contributed by atoms with Gasteiger partial charge in [-0.25, -0.2) is 0 Å². The first-order valence-electron chi connectivity index (χ1n) is 11.3. The van der Waals surface area contributed by atoms with E-state index in [0.29, 0.717) is 0 Å². The highest BCUT2D eigenvalue weighted by Crippen LogP contribution is 2.30. The maximum Gasteiger partial charge on any atom is 0.282 e. The number of rotatable bonds is 7. The molecule has 0 saturated carbocycles. The van der Waals surface area contributed by atoms with Crippen molar-refractivity contribution in [3.8, 4) is 0 Å². The van der Waals surface area contributed by atoms with Gasteiger partial charge in [0.2, 0.25) is 0 Å².